The van der Waals surface area contributed by atoms with Crippen LogP contribution in [0.25, 0.3) is 0 Å². The molecule has 136 valence electrons. The van der Waals surface area contributed by atoms with E-state index in [0.29, 0.717) is 28.6 Å². The number of rotatable bonds is 4. The van der Waals surface area contributed by atoms with Gasteiger partial charge >= 0.3 is 0 Å². The van der Waals surface area contributed by atoms with E-state index in [1.807, 2.05) is 6.07 Å². The van der Waals surface area contributed by atoms with Gasteiger partial charge in [0, 0.05) is 13.0 Å². The third-order valence-corrected chi connectivity index (χ3v) is 4.11. The molecule has 0 aliphatic carbocycles. The van der Waals surface area contributed by atoms with Crippen LogP contribution in [0.5, 0.6) is 17.2 Å². The van der Waals surface area contributed by atoms with Gasteiger partial charge < -0.3 is 24.4 Å². The van der Waals surface area contributed by atoms with Crippen LogP contribution >= 0.6 is 0 Å². The summed E-state index contributed by atoms with van der Waals surface area (Å²) in [4.78, 5) is 26.2. The summed E-state index contributed by atoms with van der Waals surface area (Å²) in [5, 5.41) is 2.79. The number of para-hydroxylation sites is 2. The molecule has 0 aromatic heterocycles. The SMILES string of the molecule is COc1ccc(NC(=O)[C@@H]2CN(C(C)=O)c3ccccc3O2)c(OC)c1. The Hall–Kier alpha value is -3.22. The average Bonchev–Trinajstić information content (AvgIpc) is 2.67. The van der Waals surface area contributed by atoms with Crippen LogP contribution in [0.4, 0.5) is 11.4 Å². The van der Waals surface area contributed by atoms with Gasteiger partial charge in [-0.2, -0.15) is 0 Å². The first kappa shape index (κ1) is 17.6. The van der Waals surface area contributed by atoms with Crippen molar-refractivity contribution in [2.75, 3.05) is 31.0 Å². The normalized spacial score (nSPS) is 15.5. The van der Waals surface area contributed by atoms with Crippen molar-refractivity contribution >= 4 is 23.2 Å². The lowest BCUT2D eigenvalue weighted by Crippen LogP contribution is -2.48. The molecule has 0 fully saturated rings. The molecular formula is C19H20N2O5. The maximum atomic E-state index is 12.7. The van der Waals surface area contributed by atoms with E-state index in [2.05, 4.69) is 5.32 Å². The summed E-state index contributed by atoms with van der Waals surface area (Å²) in [6.07, 6.45) is -0.833. The summed E-state index contributed by atoms with van der Waals surface area (Å²) in [7, 11) is 3.06. The molecule has 0 bridgehead atoms. The quantitative estimate of drug-likeness (QED) is 0.911. The summed E-state index contributed by atoms with van der Waals surface area (Å²) in [6, 6.07) is 12.2. The number of hydrogen-bond acceptors (Lipinski definition) is 5. The molecule has 1 N–H and O–H groups in total. The molecule has 1 heterocycles. The highest BCUT2D eigenvalue weighted by Crippen LogP contribution is 2.34. The zero-order valence-electron chi connectivity index (χ0n) is 14.8. The van der Waals surface area contributed by atoms with Crippen LogP contribution in [0.15, 0.2) is 42.5 Å². The zero-order chi connectivity index (χ0) is 18.7. The highest BCUT2D eigenvalue weighted by molar-refractivity contribution is 6.00. The first-order valence-corrected chi connectivity index (χ1v) is 8.10. The van der Waals surface area contributed by atoms with E-state index in [-0.39, 0.29) is 18.4 Å². The summed E-state index contributed by atoms with van der Waals surface area (Å²) >= 11 is 0. The smallest absolute Gasteiger partial charge is 0.267 e. The molecule has 2 aromatic rings. The molecule has 0 saturated carbocycles. The van der Waals surface area contributed by atoms with Gasteiger partial charge in [0.25, 0.3) is 5.91 Å². The van der Waals surface area contributed by atoms with Crippen molar-refractivity contribution in [1.29, 1.82) is 0 Å². The van der Waals surface area contributed by atoms with E-state index < -0.39 is 6.10 Å². The van der Waals surface area contributed by atoms with E-state index in [9.17, 15) is 9.59 Å². The Kier molecular flexibility index (Phi) is 4.97. The Balaban J connectivity index is 1.82. The molecule has 7 nitrogen and oxygen atoms in total. The Morgan fingerprint density at radius 3 is 2.62 bits per heavy atom. The fourth-order valence-corrected chi connectivity index (χ4v) is 2.78. The average molecular weight is 356 g/mol. The minimum absolute atomic E-state index is 0.136. The zero-order valence-corrected chi connectivity index (χ0v) is 14.8. The summed E-state index contributed by atoms with van der Waals surface area (Å²) < 4.78 is 16.2. The lowest BCUT2D eigenvalue weighted by molar-refractivity contribution is -0.123. The molecule has 2 amide bonds. The van der Waals surface area contributed by atoms with Crippen molar-refractivity contribution in [3.8, 4) is 17.2 Å². The number of carbonyl (C=O) groups excluding carboxylic acids is 2. The predicted octanol–water partition coefficient (Wildman–Crippen LogP) is 2.46. The lowest BCUT2D eigenvalue weighted by Gasteiger charge is -2.33. The lowest BCUT2D eigenvalue weighted by atomic mass is 10.1. The predicted molar refractivity (Wildman–Crippen MR) is 97.1 cm³/mol. The van der Waals surface area contributed by atoms with E-state index >= 15 is 0 Å². The fraction of sp³-hybridized carbons (Fsp3) is 0.263. The van der Waals surface area contributed by atoms with Gasteiger partial charge in [0.15, 0.2) is 6.10 Å². The molecule has 1 aliphatic heterocycles. The van der Waals surface area contributed by atoms with Gasteiger partial charge in [-0.3, -0.25) is 9.59 Å². The maximum Gasteiger partial charge on any atom is 0.267 e. The standard InChI is InChI=1S/C19H20N2O5/c1-12(22)21-11-18(26-16-7-5-4-6-15(16)21)19(23)20-14-9-8-13(24-2)10-17(14)25-3/h4-10,18H,11H2,1-3H3,(H,20,23)/t18-/m0/s1. The number of nitrogens with zero attached hydrogens (tertiary/aromatic N) is 1. The van der Waals surface area contributed by atoms with Gasteiger partial charge in [-0.15, -0.1) is 0 Å². The number of carbonyl (C=O) groups is 2. The third-order valence-electron chi connectivity index (χ3n) is 4.11. The summed E-state index contributed by atoms with van der Waals surface area (Å²) in [5.74, 6) is 1.06. The Bertz CT molecular complexity index is 836. The molecule has 26 heavy (non-hydrogen) atoms. The van der Waals surface area contributed by atoms with Crippen molar-refractivity contribution in [2.45, 2.75) is 13.0 Å². The molecule has 2 aromatic carbocycles. The highest BCUT2D eigenvalue weighted by Gasteiger charge is 2.32. The molecule has 7 heteroatoms. The van der Waals surface area contributed by atoms with Gasteiger partial charge in [-0.25, -0.2) is 0 Å². The minimum atomic E-state index is -0.833. The maximum absolute atomic E-state index is 12.7. The van der Waals surface area contributed by atoms with Gasteiger partial charge in [0.05, 0.1) is 32.1 Å². The number of amides is 2. The van der Waals surface area contributed by atoms with Gasteiger partial charge in [-0.05, 0) is 24.3 Å². The molecule has 0 spiro atoms. The largest absolute Gasteiger partial charge is 0.497 e. The van der Waals surface area contributed by atoms with Gasteiger partial charge in [0.2, 0.25) is 5.91 Å². The van der Waals surface area contributed by atoms with Crippen LogP contribution in [0.1, 0.15) is 6.92 Å². The number of fused-ring (bicyclic) bond motifs is 1. The second-order valence-corrected chi connectivity index (χ2v) is 5.76. The van der Waals surface area contributed by atoms with Crippen LogP contribution in [-0.4, -0.2) is 38.7 Å². The molecular weight excluding hydrogens is 336 g/mol. The summed E-state index contributed by atoms with van der Waals surface area (Å²) in [5.41, 5.74) is 1.15. The number of nitrogens with one attached hydrogen (secondary N) is 1. The molecule has 1 aliphatic rings. The molecule has 3 rings (SSSR count). The van der Waals surface area contributed by atoms with Gasteiger partial charge in [0.1, 0.15) is 17.2 Å². The summed E-state index contributed by atoms with van der Waals surface area (Å²) in [6.45, 7) is 1.60. The topological polar surface area (TPSA) is 77.1 Å². The van der Waals surface area contributed by atoms with Gasteiger partial charge in [-0.1, -0.05) is 12.1 Å². The first-order valence-electron chi connectivity index (χ1n) is 8.10. The number of hydrogen-bond donors (Lipinski definition) is 1. The van der Waals surface area contributed by atoms with E-state index in [1.54, 1.807) is 43.5 Å². The fourth-order valence-electron chi connectivity index (χ4n) is 2.78. The number of methoxy groups -OCH3 is 2. The van der Waals surface area contributed by atoms with Crippen molar-refractivity contribution in [1.82, 2.24) is 0 Å². The second kappa shape index (κ2) is 7.35. The van der Waals surface area contributed by atoms with Crippen molar-refractivity contribution in [2.24, 2.45) is 0 Å². The molecule has 0 radical (unpaired) electrons. The minimum Gasteiger partial charge on any atom is -0.497 e. The van der Waals surface area contributed by atoms with Crippen molar-refractivity contribution in [3.05, 3.63) is 42.5 Å². The molecule has 0 saturated heterocycles. The highest BCUT2D eigenvalue weighted by atomic mass is 16.5. The Morgan fingerprint density at radius 2 is 1.92 bits per heavy atom. The van der Waals surface area contributed by atoms with Crippen LogP contribution in [-0.2, 0) is 9.59 Å². The van der Waals surface area contributed by atoms with Crippen molar-refractivity contribution in [3.63, 3.8) is 0 Å². The first-order chi connectivity index (χ1) is 12.5. The van der Waals surface area contributed by atoms with Crippen LogP contribution in [0, 0.1) is 0 Å². The van der Waals surface area contributed by atoms with Crippen molar-refractivity contribution < 1.29 is 23.8 Å². The number of benzene rings is 2. The monoisotopic (exact) mass is 356 g/mol. The van der Waals surface area contributed by atoms with E-state index in [4.69, 9.17) is 14.2 Å². The second-order valence-electron chi connectivity index (χ2n) is 5.76. The number of anilines is 2. The van der Waals surface area contributed by atoms with Crippen LogP contribution < -0.4 is 24.4 Å². The van der Waals surface area contributed by atoms with E-state index in [0.717, 1.165) is 0 Å². The third kappa shape index (κ3) is 3.42. The molecule has 1 atom stereocenters. The van der Waals surface area contributed by atoms with Crippen LogP contribution in [0.2, 0.25) is 0 Å². The van der Waals surface area contributed by atoms with E-state index in [1.165, 1.54) is 18.9 Å². The Morgan fingerprint density at radius 1 is 1.15 bits per heavy atom. The van der Waals surface area contributed by atoms with Crippen LogP contribution in [0.3, 0.4) is 0 Å². The number of ether oxygens (including phenoxy) is 3. The Labute approximate surface area is 151 Å². The molecule has 0 unspecified atom stereocenters.